The Morgan fingerprint density at radius 2 is 1.87 bits per heavy atom. The van der Waals surface area contributed by atoms with Gasteiger partial charge in [0.1, 0.15) is 11.5 Å². The summed E-state index contributed by atoms with van der Waals surface area (Å²) in [6, 6.07) is 17.2. The summed E-state index contributed by atoms with van der Waals surface area (Å²) in [5.41, 5.74) is 6.48. The molecule has 0 aliphatic heterocycles. The van der Waals surface area contributed by atoms with Crippen LogP contribution in [0.3, 0.4) is 0 Å². The summed E-state index contributed by atoms with van der Waals surface area (Å²) in [6.07, 6.45) is 0.00969. The molecule has 2 rings (SSSR count). The number of nitrogens with one attached hydrogen (secondary N) is 1. The van der Waals surface area contributed by atoms with Crippen LogP contribution >= 0.6 is 0 Å². The van der Waals surface area contributed by atoms with E-state index in [1.165, 1.54) is 0 Å². The maximum Gasteiger partial charge on any atom is 0.222 e. The van der Waals surface area contributed by atoms with Gasteiger partial charge in [0.05, 0.1) is 12.5 Å². The quantitative estimate of drug-likeness (QED) is 0.785. The van der Waals surface area contributed by atoms with Gasteiger partial charge in [-0.05, 0) is 29.8 Å². The Morgan fingerprint density at radius 3 is 2.57 bits per heavy atom. The highest BCUT2D eigenvalue weighted by atomic mass is 16.5. The van der Waals surface area contributed by atoms with Gasteiger partial charge in [0, 0.05) is 20.2 Å². The zero-order valence-electron chi connectivity index (χ0n) is 13.2. The normalized spacial score (nSPS) is 11.7. The molecule has 0 saturated carbocycles. The van der Waals surface area contributed by atoms with E-state index in [1.807, 2.05) is 54.6 Å². The molecule has 23 heavy (non-hydrogen) atoms. The minimum atomic E-state index is -0.247. The molecular formula is C18H22N2O3. The molecule has 0 bridgehead atoms. The number of nitrogens with two attached hydrogens (primary N) is 1. The molecule has 1 amide bonds. The van der Waals surface area contributed by atoms with E-state index in [2.05, 4.69) is 5.32 Å². The summed E-state index contributed by atoms with van der Waals surface area (Å²) in [6.45, 7) is 0.760. The highest BCUT2D eigenvalue weighted by Gasteiger charge is 2.11. The number of para-hydroxylation sites is 1. The van der Waals surface area contributed by atoms with Gasteiger partial charge < -0.3 is 20.5 Å². The fourth-order valence-electron chi connectivity index (χ4n) is 2.09. The standard InChI is InChI=1S/C18H22N2O3/c1-22-17(12-19)11-18(21)20-13-14-6-5-9-16(10-14)23-15-7-3-2-4-8-15/h2-10,17H,11-13,19H2,1H3,(H,20,21). The van der Waals surface area contributed by atoms with E-state index < -0.39 is 0 Å². The number of methoxy groups -OCH3 is 1. The number of carbonyl (C=O) groups excluding carboxylic acids is 1. The fraction of sp³-hybridized carbons (Fsp3) is 0.278. The van der Waals surface area contributed by atoms with E-state index in [0.717, 1.165) is 17.1 Å². The minimum Gasteiger partial charge on any atom is -0.457 e. The van der Waals surface area contributed by atoms with Gasteiger partial charge in [-0.15, -0.1) is 0 Å². The van der Waals surface area contributed by atoms with Crippen molar-refractivity contribution in [2.45, 2.75) is 19.1 Å². The maximum atomic E-state index is 11.8. The van der Waals surface area contributed by atoms with Gasteiger partial charge >= 0.3 is 0 Å². The molecule has 122 valence electrons. The zero-order chi connectivity index (χ0) is 16.5. The first-order valence-corrected chi connectivity index (χ1v) is 7.52. The van der Waals surface area contributed by atoms with Gasteiger partial charge in [-0.1, -0.05) is 30.3 Å². The average molecular weight is 314 g/mol. The summed E-state index contributed by atoms with van der Waals surface area (Å²) in [5.74, 6) is 1.43. The van der Waals surface area contributed by atoms with Crippen LogP contribution in [-0.4, -0.2) is 25.7 Å². The molecule has 1 unspecified atom stereocenters. The second-order valence-electron chi connectivity index (χ2n) is 5.14. The lowest BCUT2D eigenvalue weighted by molar-refractivity contribution is -0.123. The first-order chi connectivity index (χ1) is 11.2. The van der Waals surface area contributed by atoms with Crippen LogP contribution in [0.2, 0.25) is 0 Å². The Labute approximate surface area is 136 Å². The molecular weight excluding hydrogens is 292 g/mol. The molecule has 0 fully saturated rings. The number of carbonyl (C=O) groups is 1. The minimum absolute atomic E-state index is 0.0864. The average Bonchev–Trinajstić information content (AvgIpc) is 2.59. The van der Waals surface area contributed by atoms with Crippen molar-refractivity contribution in [3.05, 3.63) is 60.2 Å². The monoisotopic (exact) mass is 314 g/mol. The van der Waals surface area contributed by atoms with E-state index in [1.54, 1.807) is 7.11 Å². The Bertz CT molecular complexity index is 613. The fourth-order valence-corrected chi connectivity index (χ4v) is 2.09. The number of rotatable bonds is 8. The van der Waals surface area contributed by atoms with Crippen molar-refractivity contribution in [3.63, 3.8) is 0 Å². The van der Waals surface area contributed by atoms with Crippen LogP contribution in [0, 0.1) is 0 Å². The lowest BCUT2D eigenvalue weighted by Crippen LogP contribution is -2.31. The third-order valence-corrected chi connectivity index (χ3v) is 3.38. The van der Waals surface area contributed by atoms with E-state index in [4.69, 9.17) is 15.2 Å². The van der Waals surface area contributed by atoms with Gasteiger partial charge in [-0.2, -0.15) is 0 Å². The Balaban J connectivity index is 1.89. The summed E-state index contributed by atoms with van der Waals surface area (Å²) >= 11 is 0. The van der Waals surface area contributed by atoms with E-state index in [9.17, 15) is 4.79 Å². The summed E-state index contributed by atoms with van der Waals surface area (Å²) in [7, 11) is 1.55. The number of hydrogen-bond donors (Lipinski definition) is 2. The molecule has 3 N–H and O–H groups in total. The van der Waals surface area contributed by atoms with Crippen LogP contribution in [-0.2, 0) is 16.1 Å². The van der Waals surface area contributed by atoms with Gasteiger partial charge in [-0.25, -0.2) is 0 Å². The second kappa shape index (κ2) is 8.92. The van der Waals surface area contributed by atoms with Crippen molar-refractivity contribution in [1.82, 2.24) is 5.32 Å². The Kier molecular flexibility index (Phi) is 6.59. The number of hydrogen-bond acceptors (Lipinski definition) is 4. The first kappa shape index (κ1) is 17.0. The highest BCUT2D eigenvalue weighted by Crippen LogP contribution is 2.21. The van der Waals surface area contributed by atoms with Crippen molar-refractivity contribution in [2.75, 3.05) is 13.7 Å². The second-order valence-corrected chi connectivity index (χ2v) is 5.14. The van der Waals surface area contributed by atoms with Crippen molar-refractivity contribution >= 4 is 5.91 Å². The summed E-state index contributed by atoms with van der Waals surface area (Å²) in [4.78, 5) is 11.8. The highest BCUT2D eigenvalue weighted by molar-refractivity contribution is 5.76. The molecule has 0 radical (unpaired) electrons. The van der Waals surface area contributed by atoms with Crippen molar-refractivity contribution < 1.29 is 14.3 Å². The zero-order valence-corrected chi connectivity index (χ0v) is 13.2. The van der Waals surface area contributed by atoms with Crippen molar-refractivity contribution in [3.8, 4) is 11.5 Å². The largest absolute Gasteiger partial charge is 0.457 e. The molecule has 0 aliphatic carbocycles. The molecule has 5 nitrogen and oxygen atoms in total. The number of ether oxygens (including phenoxy) is 2. The van der Waals surface area contributed by atoms with Gasteiger partial charge in [-0.3, -0.25) is 4.79 Å². The van der Waals surface area contributed by atoms with Crippen molar-refractivity contribution in [2.24, 2.45) is 5.73 Å². The van der Waals surface area contributed by atoms with Gasteiger partial charge in [0.15, 0.2) is 0 Å². The first-order valence-electron chi connectivity index (χ1n) is 7.52. The molecule has 0 spiro atoms. The molecule has 2 aromatic rings. The van der Waals surface area contributed by atoms with E-state index >= 15 is 0 Å². The molecule has 0 heterocycles. The Hall–Kier alpha value is -2.37. The van der Waals surface area contributed by atoms with Crippen LogP contribution in [0.1, 0.15) is 12.0 Å². The lowest BCUT2D eigenvalue weighted by Gasteiger charge is -2.13. The Morgan fingerprint density at radius 1 is 1.13 bits per heavy atom. The third kappa shape index (κ3) is 5.73. The molecule has 1 atom stereocenters. The molecule has 0 aliphatic rings. The number of amides is 1. The SMILES string of the molecule is COC(CN)CC(=O)NCc1cccc(Oc2ccccc2)c1. The van der Waals surface area contributed by atoms with E-state index in [-0.39, 0.29) is 18.4 Å². The van der Waals surface area contributed by atoms with E-state index in [0.29, 0.717) is 13.1 Å². The van der Waals surface area contributed by atoms with Crippen LogP contribution in [0.25, 0.3) is 0 Å². The topological polar surface area (TPSA) is 73.6 Å². The van der Waals surface area contributed by atoms with Crippen LogP contribution < -0.4 is 15.8 Å². The summed E-state index contributed by atoms with van der Waals surface area (Å²) < 4.78 is 10.9. The molecule has 2 aromatic carbocycles. The predicted octanol–water partition coefficient (Wildman–Crippen LogP) is 2.46. The molecule has 0 saturated heterocycles. The van der Waals surface area contributed by atoms with Crippen molar-refractivity contribution in [1.29, 1.82) is 0 Å². The predicted molar refractivity (Wildman–Crippen MR) is 89.3 cm³/mol. The third-order valence-electron chi connectivity index (χ3n) is 3.38. The summed E-state index contributed by atoms with van der Waals surface area (Å²) in [5, 5.41) is 2.86. The van der Waals surface area contributed by atoms with Gasteiger partial charge in [0.25, 0.3) is 0 Å². The van der Waals surface area contributed by atoms with Gasteiger partial charge in [0.2, 0.25) is 5.91 Å². The lowest BCUT2D eigenvalue weighted by atomic mass is 10.2. The smallest absolute Gasteiger partial charge is 0.222 e. The van der Waals surface area contributed by atoms with Crippen LogP contribution in [0.15, 0.2) is 54.6 Å². The molecule has 5 heteroatoms. The van der Waals surface area contributed by atoms with Crippen LogP contribution in [0.4, 0.5) is 0 Å². The number of benzene rings is 2. The molecule has 0 aromatic heterocycles. The van der Waals surface area contributed by atoms with Crippen LogP contribution in [0.5, 0.6) is 11.5 Å². The maximum absolute atomic E-state index is 11.8.